The van der Waals surface area contributed by atoms with E-state index < -0.39 is 6.10 Å². The molecule has 0 aromatic heterocycles. The van der Waals surface area contributed by atoms with Gasteiger partial charge in [0.05, 0.1) is 6.10 Å². The molecule has 0 amide bonds. The maximum atomic E-state index is 11.2. The summed E-state index contributed by atoms with van der Waals surface area (Å²) in [5.74, 6) is -0.349. The van der Waals surface area contributed by atoms with Gasteiger partial charge in [0, 0.05) is 18.9 Å². The lowest BCUT2D eigenvalue weighted by Gasteiger charge is -2.20. The van der Waals surface area contributed by atoms with Crippen molar-refractivity contribution < 1.29 is 15.0 Å². The molecule has 0 heterocycles. The van der Waals surface area contributed by atoms with Gasteiger partial charge in [0.15, 0.2) is 0 Å². The van der Waals surface area contributed by atoms with E-state index >= 15 is 0 Å². The first-order valence-electron chi connectivity index (χ1n) is 4.32. The van der Waals surface area contributed by atoms with Gasteiger partial charge in [-0.15, -0.1) is 0 Å². The van der Waals surface area contributed by atoms with Gasteiger partial charge in [-0.1, -0.05) is 20.8 Å². The molecule has 0 spiro atoms. The molecule has 0 aliphatic carbocycles. The summed E-state index contributed by atoms with van der Waals surface area (Å²) in [5.41, 5.74) is 0. The molecular weight excluding hydrogens is 156 g/mol. The van der Waals surface area contributed by atoms with Gasteiger partial charge < -0.3 is 10.2 Å². The van der Waals surface area contributed by atoms with Crippen molar-refractivity contribution in [1.29, 1.82) is 0 Å². The van der Waals surface area contributed by atoms with Gasteiger partial charge in [-0.05, 0) is 5.92 Å². The molecule has 0 rings (SSSR count). The number of carbonyl (C=O) groups is 1. The summed E-state index contributed by atoms with van der Waals surface area (Å²) in [7, 11) is 0. The number of hydrogen-bond acceptors (Lipinski definition) is 3. The van der Waals surface area contributed by atoms with Crippen molar-refractivity contribution in [2.75, 3.05) is 6.61 Å². The topological polar surface area (TPSA) is 57.5 Å². The molecular formula is C9H18O3. The summed E-state index contributed by atoms with van der Waals surface area (Å²) >= 11 is 0. The first-order valence-corrected chi connectivity index (χ1v) is 4.32. The standard InChI is InChI=1S/C9H18O3/c1-6(2)9(12)7(3)8(11)4-5-10/h6-7,9-10,12H,4-5H2,1-3H3/t7-,9-/m0/s1. The number of carbonyl (C=O) groups excluding carboxylic acids is 1. The minimum atomic E-state index is -0.593. The Hall–Kier alpha value is -0.410. The molecule has 2 atom stereocenters. The van der Waals surface area contributed by atoms with Crippen LogP contribution in [0, 0.1) is 11.8 Å². The average molecular weight is 174 g/mol. The van der Waals surface area contributed by atoms with Crippen LogP contribution in [0.2, 0.25) is 0 Å². The minimum absolute atomic E-state index is 0.0706. The van der Waals surface area contributed by atoms with E-state index in [2.05, 4.69) is 0 Å². The van der Waals surface area contributed by atoms with Crippen molar-refractivity contribution >= 4 is 5.78 Å². The molecule has 0 aliphatic rings. The van der Waals surface area contributed by atoms with Crippen LogP contribution in [0.5, 0.6) is 0 Å². The zero-order valence-electron chi connectivity index (χ0n) is 7.95. The van der Waals surface area contributed by atoms with Crippen molar-refractivity contribution in [1.82, 2.24) is 0 Å². The average Bonchev–Trinajstić information content (AvgIpc) is 2.02. The lowest BCUT2D eigenvalue weighted by molar-refractivity contribution is -0.127. The highest BCUT2D eigenvalue weighted by molar-refractivity contribution is 5.81. The van der Waals surface area contributed by atoms with Crippen LogP contribution in [0.3, 0.4) is 0 Å². The van der Waals surface area contributed by atoms with Gasteiger partial charge in [0.2, 0.25) is 0 Å². The molecule has 0 aromatic rings. The maximum absolute atomic E-state index is 11.2. The fourth-order valence-corrected chi connectivity index (χ4v) is 1.11. The fourth-order valence-electron chi connectivity index (χ4n) is 1.11. The van der Waals surface area contributed by atoms with Gasteiger partial charge >= 0.3 is 0 Å². The molecule has 0 saturated heterocycles. The third kappa shape index (κ3) is 3.32. The third-order valence-corrected chi connectivity index (χ3v) is 2.06. The Labute approximate surface area is 73.4 Å². The third-order valence-electron chi connectivity index (χ3n) is 2.06. The highest BCUT2D eigenvalue weighted by atomic mass is 16.3. The maximum Gasteiger partial charge on any atom is 0.140 e. The van der Waals surface area contributed by atoms with Crippen molar-refractivity contribution in [2.24, 2.45) is 11.8 Å². The SMILES string of the molecule is CC(C)[C@H](O)[C@@H](C)C(=O)CCO. The van der Waals surface area contributed by atoms with Crippen LogP contribution < -0.4 is 0 Å². The minimum Gasteiger partial charge on any atom is -0.396 e. The van der Waals surface area contributed by atoms with Gasteiger partial charge in [-0.25, -0.2) is 0 Å². The Kier molecular flexibility index (Phi) is 5.09. The number of aliphatic hydroxyl groups is 2. The molecule has 2 N–H and O–H groups in total. The number of rotatable bonds is 5. The number of ketones is 1. The number of aliphatic hydroxyl groups excluding tert-OH is 2. The highest BCUT2D eigenvalue weighted by Crippen LogP contribution is 2.14. The fraction of sp³-hybridized carbons (Fsp3) is 0.889. The Balaban J connectivity index is 4.00. The first kappa shape index (κ1) is 11.6. The lowest BCUT2D eigenvalue weighted by atomic mass is 9.90. The summed E-state index contributed by atoms with van der Waals surface area (Å²) in [4.78, 5) is 11.2. The van der Waals surface area contributed by atoms with Crippen molar-refractivity contribution in [3.63, 3.8) is 0 Å². The van der Waals surface area contributed by atoms with Gasteiger partial charge in [0.25, 0.3) is 0 Å². The van der Waals surface area contributed by atoms with E-state index in [1.165, 1.54) is 0 Å². The highest BCUT2D eigenvalue weighted by Gasteiger charge is 2.23. The predicted molar refractivity (Wildman–Crippen MR) is 46.7 cm³/mol. The van der Waals surface area contributed by atoms with Gasteiger partial charge in [-0.3, -0.25) is 4.79 Å². The molecule has 0 saturated carbocycles. The summed E-state index contributed by atoms with van der Waals surface area (Å²) in [6, 6.07) is 0. The Morgan fingerprint density at radius 2 is 1.83 bits per heavy atom. The molecule has 0 aliphatic heterocycles. The van der Waals surface area contributed by atoms with Crippen LogP contribution in [0.4, 0.5) is 0 Å². The second-order valence-electron chi connectivity index (χ2n) is 3.46. The van der Waals surface area contributed by atoms with Crippen molar-refractivity contribution in [3.05, 3.63) is 0 Å². The Bertz CT molecular complexity index is 143. The van der Waals surface area contributed by atoms with E-state index in [1.807, 2.05) is 13.8 Å². The van der Waals surface area contributed by atoms with Crippen LogP contribution in [-0.2, 0) is 4.79 Å². The van der Waals surface area contributed by atoms with Crippen LogP contribution in [0.25, 0.3) is 0 Å². The smallest absolute Gasteiger partial charge is 0.140 e. The lowest BCUT2D eigenvalue weighted by Crippen LogP contribution is -2.30. The zero-order valence-corrected chi connectivity index (χ0v) is 7.95. The molecule has 72 valence electrons. The molecule has 0 bridgehead atoms. The summed E-state index contributed by atoms with van der Waals surface area (Å²) in [6.45, 7) is 5.30. The van der Waals surface area contributed by atoms with E-state index in [4.69, 9.17) is 5.11 Å². The van der Waals surface area contributed by atoms with Crippen LogP contribution in [0.15, 0.2) is 0 Å². The summed E-state index contributed by atoms with van der Waals surface area (Å²) < 4.78 is 0. The molecule has 0 aromatic carbocycles. The summed E-state index contributed by atoms with van der Waals surface area (Å²) in [6.07, 6.45) is -0.450. The molecule has 0 radical (unpaired) electrons. The van der Waals surface area contributed by atoms with E-state index in [-0.39, 0.29) is 30.6 Å². The van der Waals surface area contributed by atoms with Gasteiger partial charge in [-0.2, -0.15) is 0 Å². The van der Waals surface area contributed by atoms with E-state index in [0.717, 1.165) is 0 Å². The normalized spacial score (nSPS) is 16.2. The van der Waals surface area contributed by atoms with Crippen molar-refractivity contribution in [3.8, 4) is 0 Å². The predicted octanol–water partition coefficient (Wildman–Crippen LogP) is 0.591. The Morgan fingerprint density at radius 3 is 2.17 bits per heavy atom. The second kappa shape index (κ2) is 5.27. The number of hydrogen-bond donors (Lipinski definition) is 2. The molecule has 12 heavy (non-hydrogen) atoms. The molecule has 3 heteroatoms. The van der Waals surface area contributed by atoms with Crippen molar-refractivity contribution in [2.45, 2.75) is 33.3 Å². The van der Waals surface area contributed by atoms with E-state index in [9.17, 15) is 9.90 Å². The van der Waals surface area contributed by atoms with Crippen LogP contribution in [0.1, 0.15) is 27.2 Å². The quantitative estimate of drug-likeness (QED) is 0.641. The molecule has 0 unspecified atom stereocenters. The largest absolute Gasteiger partial charge is 0.396 e. The summed E-state index contributed by atoms with van der Waals surface area (Å²) in [5, 5.41) is 18.0. The molecule has 3 nitrogen and oxygen atoms in total. The monoisotopic (exact) mass is 174 g/mol. The Morgan fingerprint density at radius 1 is 1.33 bits per heavy atom. The van der Waals surface area contributed by atoms with Gasteiger partial charge in [0.1, 0.15) is 5.78 Å². The first-order chi connectivity index (χ1) is 5.50. The second-order valence-corrected chi connectivity index (χ2v) is 3.46. The zero-order chi connectivity index (χ0) is 9.72. The van der Waals surface area contributed by atoms with Crippen LogP contribution in [-0.4, -0.2) is 28.7 Å². The van der Waals surface area contributed by atoms with Crippen LogP contribution >= 0.6 is 0 Å². The number of Topliss-reactive ketones (excluding diaryl/α,β-unsaturated/α-hetero) is 1. The molecule has 0 fully saturated rings. The van der Waals surface area contributed by atoms with E-state index in [1.54, 1.807) is 6.92 Å². The van der Waals surface area contributed by atoms with E-state index in [0.29, 0.717) is 0 Å².